The van der Waals surface area contributed by atoms with Gasteiger partial charge in [0.05, 0.1) is 24.2 Å². The van der Waals surface area contributed by atoms with Crippen LogP contribution in [-0.2, 0) is 52.4 Å². The molecule has 4 nitrogen and oxygen atoms in total. The number of nitrogens with zero attached hydrogens (tertiary/aromatic N) is 4. The van der Waals surface area contributed by atoms with Gasteiger partial charge in [0.2, 0.25) is 0 Å². The Morgan fingerprint density at radius 3 is 0.756 bits per heavy atom. The maximum Gasteiger partial charge on any atom is 0.129 e. The maximum absolute atomic E-state index is 2.66. The van der Waals surface area contributed by atoms with Gasteiger partial charge in [0, 0.05) is 62.8 Å². The van der Waals surface area contributed by atoms with Crippen molar-refractivity contribution in [3.05, 3.63) is 287 Å². The van der Waals surface area contributed by atoms with Crippen LogP contribution in [0.4, 0.5) is 0 Å². The van der Waals surface area contributed by atoms with Crippen LogP contribution < -0.4 is 0 Å². The summed E-state index contributed by atoms with van der Waals surface area (Å²) in [5.41, 5.74) is 11.1. The van der Waals surface area contributed by atoms with Gasteiger partial charge in [-0.25, -0.2) is 0 Å². The van der Waals surface area contributed by atoms with Gasteiger partial charge in [-0.3, -0.25) is 0 Å². The van der Waals surface area contributed by atoms with E-state index in [-0.39, 0.29) is 21.9 Å². The largest absolute Gasteiger partial charge is 0.311 e. The Morgan fingerprint density at radius 2 is 0.476 bits per heavy atom. The zero-order valence-corrected chi connectivity index (χ0v) is 52.2. The monoisotopic (exact) mass is 1090 g/mol. The Labute approximate surface area is 498 Å². The molecule has 0 bridgehead atoms. The van der Waals surface area contributed by atoms with Gasteiger partial charge in [-0.15, -0.1) is 0 Å². The Kier molecular flexibility index (Phi) is 20.6. The van der Waals surface area contributed by atoms with Crippen LogP contribution in [0, 0.1) is 10.8 Å². The van der Waals surface area contributed by atoms with E-state index >= 15 is 0 Å². The van der Waals surface area contributed by atoms with E-state index in [0.29, 0.717) is 0 Å². The van der Waals surface area contributed by atoms with Gasteiger partial charge in [-0.1, -0.05) is 277 Å². The van der Waals surface area contributed by atoms with Crippen LogP contribution >= 0.6 is 0 Å². The average Bonchev–Trinajstić information content (AvgIpc) is 2.84. The lowest BCUT2D eigenvalue weighted by atomic mass is 9.68. The van der Waals surface area contributed by atoms with Gasteiger partial charge in [-0.05, 0) is 40.0 Å². The minimum absolute atomic E-state index is 0.0673. The van der Waals surface area contributed by atoms with E-state index in [2.05, 4.69) is 312 Å². The molecule has 0 fully saturated rings. The van der Waals surface area contributed by atoms with Crippen molar-refractivity contribution in [2.45, 2.75) is 146 Å². The fraction of sp³-hybridized carbons (Fsp3) is 0.385. The summed E-state index contributed by atoms with van der Waals surface area (Å²) in [6.07, 6.45) is 2.22. The van der Waals surface area contributed by atoms with Gasteiger partial charge < -0.3 is 17.9 Å². The smallest absolute Gasteiger partial charge is 0.129 e. The first-order valence-corrected chi connectivity index (χ1v) is 30.9. The first-order chi connectivity index (χ1) is 39.2. The van der Waals surface area contributed by atoms with Crippen molar-refractivity contribution < 1.29 is 17.9 Å². The second kappa shape index (κ2) is 27.3. The molecule has 0 aliphatic carbocycles. The number of hydrogen-bond acceptors (Lipinski definition) is 0. The van der Waals surface area contributed by atoms with E-state index in [0.717, 1.165) is 122 Å². The van der Waals surface area contributed by atoms with Crippen molar-refractivity contribution in [1.82, 2.24) is 0 Å². The predicted octanol–water partition coefficient (Wildman–Crippen LogP) is 18.3. The molecule has 0 radical (unpaired) electrons. The molecular formula is C78H102N4+4. The third-order valence-corrected chi connectivity index (χ3v) is 19.6. The Balaban J connectivity index is 1.31. The summed E-state index contributed by atoms with van der Waals surface area (Å²) < 4.78 is 3.84. The topological polar surface area (TPSA) is 0 Å². The number of benzene rings is 8. The SMILES string of the molecule is CC(C)(C)CC[N+](Cc1ccccc1)(Cc1ccccc1)C(C)(C)C(C)(C)CC[N+](CC[N+](Cc1ccccc1)(Cc1ccccc1)Cc1ccccc1)(CC[N+](Cc1ccccc1)(Cc1ccccc1)C(C)(C)C)Cc1ccccc1. The zero-order chi connectivity index (χ0) is 58.2. The molecule has 82 heavy (non-hydrogen) atoms. The maximum atomic E-state index is 2.66. The van der Waals surface area contributed by atoms with E-state index in [1.807, 2.05) is 0 Å². The van der Waals surface area contributed by atoms with Crippen LogP contribution in [0.5, 0.6) is 0 Å². The van der Waals surface area contributed by atoms with Crippen molar-refractivity contribution >= 4 is 0 Å². The molecular weight excluding hydrogens is 993 g/mol. The van der Waals surface area contributed by atoms with E-state index in [9.17, 15) is 0 Å². The van der Waals surface area contributed by atoms with Crippen molar-refractivity contribution in [1.29, 1.82) is 0 Å². The van der Waals surface area contributed by atoms with Crippen molar-refractivity contribution in [2.24, 2.45) is 10.8 Å². The highest BCUT2D eigenvalue weighted by molar-refractivity contribution is 5.21. The molecule has 0 saturated carbocycles. The first-order valence-electron chi connectivity index (χ1n) is 30.9. The molecule has 0 aromatic heterocycles. The molecule has 0 N–H and O–H groups in total. The Hall–Kier alpha value is -6.40. The van der Waals surface area contributed by atoms with Crippen molar-refractivity contribution in [2.75, 3.05) is 39.3 Å². The van der Waals surface area contributed by atoms with Crippen molar-refractivity contribution in [3.8, 4) is 0 Å². The number of quaternary nitrogens is 4. The zero-order valence-electron chi connectivity index (χ0n) is 52.2. The van der Waals surface area contributed by atoms with Gasteiger partial charge in [-0.2, -0.15) is 0 Å². The highest BCUT2D eigenvalue weighted by Gasteiger charge is 2.55. The summed E-state index contributed by atoms with van der Waals surface area (Å²) in [4.78, 5) is 0. The molecule has 0 heterocycles. The van der Waals surface area contributed by atoms with Crippen LogP contribution in [0.3, 0.4) is 0 Å². The molecule has 0 amide bonds. The quantitative estimate of drug-likeness (QED) is 0.0410. The van der Waals surface area contributed by atoms with E-state index in [1.165, 1.54) is 44.5 Å². The fourth-order valence-corrected chi connectivity index (χ4v) is 13.3. The predicted molar refractivity (Wildman–Crippen MR) is 348 cm³/mol. The fourth-order valence-electron chi connectivity index (χ4n) is 13.3. The molecule has 0 saturated heterocycles. The standard InChI is InChI=1S/C78H102N4/c1-75(2,3)51-54-82(65-73-47-31-17-32-48-73,66-74-49-33-18-34-50-74)78(9,10)77(7,8)52-53-79(59-67-35-19-11-20-36-67,57-58-81(76(4,5)6,63-71-43-27-15-28-44-71)64-72-45-29-16-30-46-72)55-56-80(60-68-37-21-12-22-38-68,61-69-39-23-13-24-40-69)62-70-41-25-14-26-42-70/h11-50H,51-66H2,1-10H3/q+4. The molecule has 1 unspecified atom stereocenters. The highest BCUT2D eigenvalue weighted by atomic mass is 15.5. The Morgan fingerprint density at radius 1 is 0.232 bits per heavy atom. The molecule has 0 spiro atoms. The van der Waals surface area contributed by atoms with Gasteiger partial charge in [0.15, 0.2) is 0 Å². The summed E-state index contributed by atoms with van der Waals surface area (Å²) in [5, 5.41) is 0. The summed E-state index contributed by atoms with van der Waals surface area (Å²) in [6.45, 7) is 39.5. The van der Waals surface area contributed by atoms with Gasteiger partial charge in [0.25, 0.3) is 0 Å². The van der Waals surface area contributed by atoms with E-state index < -0.39 is 0 Å². The lowest BCUT2D eigenvalue weighted by molar-refractivity contribution is -1.04. The molecule has 8 rings (SSSR count). The molecule has 4 heteroatoms. The molecule has 8 aromatic rings. The molecule has 0 aliphatic heterocycles. The Bertz CT molecular complexity index is 2890. The second-order valence-electron chi connectivity index (χ2n) is 28.1. The number of hydrogen-bond donors (Lipinski definition) is 0. The van der Waals surface area contributed by atoms with E-state index in [4.69, 9.17) is 0 Å². The van der Waals surface area contributed by atoms with Crippen LogP contribution in [-0.4, -0.2) is 68.3 Å². The van der Waals surface area contributed by atoms with Crippen molar-refractivity contribution in [3.63, 3.8) is 0 Å². The summed E-state index contributed by atoms with van der Waals surface area (Å²) in [6, 6.07) is 91.6. The van der Waals surface area contributed by atoms with Gasteiger partial charge in [0.1, 0.15) is 78.5 Å². The minimum Gasteiger partial charge on any atom is -0.311 e. The first kappa shape index (κ1) is 61.7. The summed E-state index contributed by atoms with van der Waals surface area (Å²) in [7, 11) is 0. The lowest BCUT2D eigenvalue weighted by Crippen LogP contribution is -2.68. The van der Waals surface area contributed by atoms with Crippen LogP contribution in [0.15, 0.2) is 243 Å². The lowest BCUT2D eigenvalue weighted by Gasteiger charge is -2.58. The molecule has 8 aromatic carbocycles. The molecule has 0 aliphatic rings. The second-order valence-corrected chi connectivity index (χ2v) is 28.1. The number of rotatable bonds is 29. The van der Waals surface area contributed by atoms with Crippen LogP contribution in [0.1, 0.15) is 127 Å². The highest BCUT2D eigenvalue weighted by Crippen LogP contribution is 2.48. The molecule has 430 valence electrons. The summed E-state index contributed by atoms with van der Waals surface area (Å²) >= 11 is 0. The summed E-state index contributed by atoms with van der Waals surface area (Å²) in [5.74, 6) is 0. The molecule has 1 atom stereocenters. The van der Waals surface area contributed by atoms with Crippen LogP contribution in [0.25, 0.3) is 0 Å². The van der Waals surface area contributed by atoms with E-state index in [1.54, 1.807) is 0 Å². The van der Waals surface area contributed by atoms with Gasteiger partial charge >= 0.3 is 0 Å². The normalized spacial score (nSPS) is 13.6. The third kappa shape index (κ3) is 16.7. The minimum atomic E-state index is -0.147. The van der Waals surface area contributed by atoms with Crippen LogP contribution in [0.2, 0.25) is 0 Å². The average molecular weight is 1100 g/mol. The third-order valence-electron chi connectivity index (χ3n) is 19.6.